The first-order valence-electron chi connectivity index (χ1n) is 13.4. The summed E-state index contributed by atoms with van der Waals surface area (Å²) in [5.41, 5.74) is 1.89. The van der Waals surface area contributed by atoms with Gasteiger partial charge in [0.2, 0.25) is 11.8 Å². The quantitative estimate of drug-likeness (QED) is 0.209. The molecule has 0 saturated carbocycles. The molecule has 1 saturated heterocycles. The highest BCUT2D eigenvalue weighted by atomic mass is 79.9. The smallest absolute Gasteiger partial charge is 0.305 e. The molecular weight excluding hydrogens is 650 g/mol. The number of nitrogens with zero attached hydrogens (tertiary/aromatic N) is 1. The van der Waals surface area contributed by atoms with Gasteiger partial charge in [0.25, 0.3) is 5.91 Å². The maximum Gasteiger partial charge on any atom is 0.305 e. The molecule has 0 radical (unpaired) electrons. The number of imide groups is 1. The number of carbonyl (C=O) groups excluding carboxylic acids is 3. The number of hydrogen-bond donors (Lipinski definition) is 2. The zero-order chi connectivity index (χ0) is 29.7. The molecule has 1 aromatic heterocycles. The number of anilines is 2. The Hall–Kier alpha value is -4.19. The Kier molecular flexibility index (Phi) is 7.16. The first-order chi connectivity index (χ1) is 20.9. The Labute approximate surface area is 262 Å². The minimum atomic E-state index is -0.716. The molecule has 43 heavy (non-hydrogen) atoms. The van der Waals surface area contributed by atoms with Gasteiger partial charge < -0.3 is 15.0 Å². The van der Waals surface area contributed by atoms with Gasteiger partial charge in [0.15, 0.2) is 6.61 Å². The van der Waals surface area contributed by atoms with Gasteiger partial charge in [-0.15, -0.1) is 0 Å². The molecule has 11 heteroatoms. The average Bonchev–Trinajstić information content (AvgIpc) is 3.50. The molecular formula is C32H22BrN3O5S2. The minimum Gasteiger partial charge on any atom is -0.484 e. The van der Waals surface area contributed by atoms with Crippen LogP contribution in [0.5, 0.6) is 5.75 Å². The number of rotatable bonds is 6. The monoisotopic (exact) mass is 671 g/mol. The zero-order valence-corrected chi connectivity index (χ0v) is 25.5. The molecule has 5 aromatic rings. The van der Waals surface area contributed by atoms with Crippen LogP contribution in [0.1, 0.15) is 16.4 Å². The van der Waals surface area contributed by atoms with Crippen molar-refractivity contribution >= 4 is 78.9 Å². The van der Waals surface area contributed by atoms with E-state index in [0.29, 0.717) is 27.0 Å². The molecule has 8 nitrogen and oxygen atoms in total. The number of amides is 3. The number of fused-ring (bicyclic) bond motifs is 3. The molecule has 4 aromatic carbocycles. The fraction of sp³-hybridized carbons (Fsp3) is 0.125. The van der Waals surface area contributed by atoms with Gasteiger partial charge in [0.1, 0.15) is 11.0 Å². The number of carbonyl (C=O) groups is 3. The van der Waals surface area contributed by atoms with Crippen LogP contribution in [0.25, 0.3) is 10.8 Å². The van der Waals surface area contributed by atoms with Gasteiger partial charge in [0, 0.05) is 21.0 Å². The summed E-state index contributed by atoms with van der Waals surface area (Å²) >= 11 is 5.67. The Bertz CT molecular complexity index is 1970. The van der Waals surface area contributed by atoms with Crippen molar-refractivity contribution in [1.82, 2.24) is 4.98 Å². The van der Waals surface area contributed by atoms with E-state index < -0.39 is 17.1 Å². The molecule has 2 unspecified atom stereocenters. The van der Waals surface area contributed by atoms with Gasteiger partial charge in [-0.05, 0) is 64.9 Å². The molecule has 0 aliphatic carbocycles. The molecule has 2 aliphatic rings. The summed E-state index contributed by atoms with van der Waals surface area (Å²) in [7, 11) is 0. The van der Waals surface area contributed by atoms with E-state index in [9.17, 15) is 19.2 Å². The standard InChI is InChI=1S/C32H22BrN3O5S2/c33-20-9-12-22(13-10-20)36-30(38)26-25(27-29(35-32(40)43-27)42-28(26)31(36)39)19-6-3-7-23(15-19)41-16-24(37)34-21-11-8-17-4-1-2-5-18(17)14-21/h1-15,25-26,28H,16H2,(H,34,37)(H,35,40)/t25-,26?,28?/m1/s1. The number of thiazole rings is 1. The Morgan fingerprint density at radius 1 is 0.907 bits per heavy atom. The van der Waals surface area contributed by atoms with Gasteiger partial charge >= 0.3 is 4.87 Å². The minimum absolute atomic E-state index is 0.222. The largest absolute Gasteiger partial charge is 0.484 e. The van der Waals surface area contributed by atoms with E-state index >= 15 is 0 Å². The Morgan fingerprint density at radius 2 is 1.70 bits per heavy atom. The van der Waals surface area contributed by atoms with Crippen LogP contribution in [-0.4, -0.2) is 34.6 Å². The van der Waals surface area contributed by atoms with Crippen molar-refractivity contribution in [3.63, 3.8) is 0 Å². The number of H-pyrrole nitrogens is 1. The first-order valence-corrected chi connectivity index (χ1v) is 15.9. The van der Waals surface area contributed by atoms with E-state index in [1.165, 1.54) is 16.7 Å². The molecule has 0 spiro atoms. The summed E-state index contributed by atoms with van der Waals surface area (Å²) in [5.74, 6) is -1.77. The maximum atomic E-state index is 13.9. The van der Waals surface area contributed by atoms with Crippen LogP contribution in [0, 0.1) is 5.92 Å². The lowest BCUT2D eigenvalue weighted by atomic mass is 9.83. The van der Waals surface area contributed by atoms with Crippen molar-refractivity contribution in [2.75, 3.05) is 16.8 Å². The van der Waals surface area contributed by atoms with Crippen molar-refractivity contribution < 1.29 is 19.1 Å². The fourth-order valence-corrected chi connectivity index (χ4v) is 8.41. The number of aromatic amines is 1. The molecule has 2 N–H and O–H groups in total. The van der Waals surface area contributed by atoms with Crippen molar-refractivity contribution in [3.05, 3.63) is 116 Å². The first kappa shape index (κ1) is 27.6. The van der Waals surface area contributed by atoms with Crippen molar-refractivity contribution in [2.24, 2.45) is 5.92 Å². The Morgan fingerprint density at radius 3 is 2.51 bits per heavy atom. The molecule has 3 amide bonds. The number of hydrogen-bond acceptors (Lipinski definition) is 7. The van der Waals surface area contributed by atoms with E-state index in [0.717, 1.165) is 32.1 Å². The molecule has 0 bridgehead atoms. The van der Waals surface area contributed by atoms with Gasteiger partial charge in [-0.1, -0.05) is 81.5 Å². The van der Waals surface area contributed by atoms with Crippen molar-refractivity contribution in [3.8, 4) is 5.75 Å². The highest BCUT2D eigenvalue weighted by molar-refractivity contribution is 9.10. The number of halogens is 1. The lowest BCUT2D eigenvalue weighted by Crippen LogP contribution is -2.32. The average molecular weight is 673 g/mol. The van der Waals surface area contributed by atoms with Gasteiger partial charge in [0.05, 0.1) is 16.6 Å². The highest BCUT2D eigenvalue weighted by Gasteiger charge is 2.56. The third kappa shape index (κ3) is 5.17. The lowest BCUT2D eigenvalue weighted by molar-refractivity contribution is -0.122. The van der Waals surface area contributed by atoms with Crippen LogP contribution >= 0.6 is 39.0 Å². The van der Waals surface area contributed by atoms with Crippen LogP contribution in [0.15, 0.2) is 105 Å². The summed E-state index contributed by atoms with van der Waals surface area (Å²) < 4.78 is 6.70. The van der Waals surface area contributed by atoms with Crippen LogP contribution < -0.4 is 19.8 Å². The second-order valence-electron chi connectivity index (χ2n) is 10.2. The number of ether oxygens (including phenoxy) is 1. The van der Waals surface area contributed by atoms with Crippen molar-refractivity contribution in [1.29, 1.82) is 0 Å². The molecule has 214 valence electrons. The number of benzene rings is 4. The van der Waals surface area contributed by atoms with E-state index in [-0.39, 0.29) is 29.2 Å². The summed E-state index contributed by atoms with van der Waals surface area (Å²) in [6, 6.07) is 27.8. The maximum absolute atomic E-state index is 13.9. The molecule has 7 rings (SSSR count). The lowest BCUT2D eigenvalue weighted by Gasteiger charge is -2.30. The van der Waals surface area contributed by atoms with Gasteiger partial charge in [-0.2, -0.15) is 0 Å². The molecule has 2 aliphatic heterocycles. The molecule has 3 heterocycles. The normalized spacial score (nSPS) is 19.3. The Balaban J connectivity index is 1.14. The summed E-state index contributed by atoms with van der Waals surface area (Å²) in [4.78, 5) is 57.2. The summed E-state index contributed by atoms with van der Waals surface area (Å²) in [5, 5.41) is 4.86. The predicted octanol–water partition coefficient (Wildman–Crippen LogP) is 6.17. The zero-order valence-electron chi connectivity index (χ0n) is 22.3. The number of aromatic nitrogens is 1. The second-order valence-corrected chi connectivity index (χ2v) is 13.3. The predicted molar refractivity (Wildman–Crippen MR) is 171 cm³/mol. The van der Waals surface area contributed by atoms with Crippen LogP contribution in [0.2, 0.25) is 0 Å². The topological polar surface area (TPSA) is 109 Å². The van der Waals surface area contributed by atoms with Crippen LogP contribution in [0.4, 0.5) is 11.4 Å². The SMILES string of the molecule is O=C(COc1cccc([C@H]2c3sc(=O)[nH]c3SC3C(=O)N(c4ccc(Br)cc4)C(=O)C32)c1)Nc1ccc2ccccc2c1. The summed E-state index contributed by atoms with van der Waals surface area (Å²) in [6.45, 7) is -0.222. The fourth-order valence-electron chi connectivity index (χ4n) is 5.63. The van der Waals surface area contributed by atoms with E-state index in [1.807, 2.05) is 48.5 Å². The summed E-state index contributed by atoms with van der Waals surface area (Å²) in [6.07, 6.45) is 0. The van der Waals surface area contributed by atoms with E-state index in [4.69, 9.17) is 4.74 Å². The van der Waals surface area contributed by atoms with Crippen LogP contribution in [0.3, 0.4) is 0 Å². The molecule has 1 fully saturated rings. The van der Waals surface area contributed by atoms with Crippen molar-refractivity contribution in [2.45, 2.75) is 16.2 Å². The van der Waals surface area contributed by atoms with Gasteiger partial charge in [-0.3, -0.25) is 19.2 Å². The van der Waals surface area contributed by atoms with E-state index in [2.05, 4.69) is 26.2 Å². The van der Waals surface area contributed by atoms with E-state index in [1.54, 1.807) is 42.5 Å². The number of thioether (sulfide) groups is 1. The number of nitrogens with one attached hydrogen (secondary N) is 2. The highest BCUT2D eigenvalue weighted by Crippen LogP contribution is 2.53. The third-order valence-corrected chi connectivity index (χ3v) is 10.5. The van der Waals surface area contributed by atoms with Gasteiger partial charge in [-0.25, -0.2) is 4.90 Å². The second kappa shape index (κ2) is 11.1. The third-order valence-electron chi connectivity index (χ3n) is 7.53. The van der Waals surface area contributed by atoms with Crippen LogP contribution in [-0.2, 0) is 14.4 Å². The molecule has 3 atom stereocenters.